The third kappa shape index (κ3) is 2.61. The van der Waals surface area contributed by atoms with Crippen molar-refractivity contribution in [1.82, 2.24) is 9.97 Å². The van der Waals surface area contributed by atoms with Crippen molar-refractivity contribution in [1.29, 1.82) is 5.26 Å². The smallest absolute Gasteiger partial charge is 0.232 e. The van der Waals surface area contributed by atoms with Crippen LogP contribution in [-0.2, 0) is 6.54 Å². The maximum absolute atomic E-state index is 9.24. The van der Waals surface area contributed by atoms with Gasteiger partial charge in [0.15, 0.2) is 11.5 Å². The molecule has 3 aromatic rings. The fourth-order valence-corrected chi connectivity index (χ4v) is 2.36. The molecule has 24 heavy (non-hydrogen) atoms. The van der Waals surface area contributed by atoms with Gasteiger partial charge in [-0.1, -0.05) is 6.07 Å². The van der Waals surface area contributed by atoms with E-state index in [2.05, 4.69) is 15.3 Å². The number of hydrogen-bond donors (Lipinski definition) is 1. The van der Waals surface area contributed by atoms with Gasteiger partial charge in [-0.05, 0) is 29.8 Å². The summed E-state index contributed by atoms with van der Waals surface area (Å²) >= 11 is 0. The summed E-state index contributed by atoms with van der Waals surface area (Å²) in [6.07, 6.45) is 3.30. The van der Waals surface area contributed by atoms with Crippen molar-refractivity contribution in [3.8, 4) is 29.0 Å². The van der Waals surface area contributed by atoms with Crippen LogP contribution in [0.15, 0.2) is 47.1 Å². The number of ether oxygens (including phenoxy) is 2. The van der Waals surface area contributed by atoms with Gasteiger partial charge in [0.1, 0.15) is 6.07 Å². The van der Waals surface area contributed by atoms with Crippen molar-refractivity contribution in [3.05, 3.63) is 54.0 Å². The lowest BCUT2D eigenvalue weighted by atomic mass is 10.2. The molecule has 4 rings (SSSR count). The second-order valence-electron chi connectivity index (χ2n) is 5.09. The third-order valence-corrected chi connectivity index (χ3v) is 3.53. The Bertz CT molecular complexity index is 915. The lowest BCUT2D eigenvalue weighted by molar-refractivity contribution is 0.174. The monoisotopic (exact) mass is 320 g/mol. The van der Waals surface area contributed by atoms with Crippen LogP contribution in [-0.4, -0.2) is 16.8 Å². The molecule has 0 bridgehead atoms. The van der Waals surface area contributed by atoms with Gasteiger partial charge < -0.3 is 19.2 Å². The SMILES string of the molecule is N#Cc1nc(-c2cccnc2)oc1NCc1ccc2c(c1)OCO2. The second-order valence-corrected chi connectivity index (χ2v) is 5.09. The van der Waals surface area contributed by atoms with Crippen molar-refractivity contribution in [2.45, 2.75) is 6.54 Å². The number of rotatable bonds is 4. The van der Waals surface area contributed by atoms with Gasteiger partial charge in [-0.15, -0.1) is 0 Å². The molecule has 3 heterocycles. The Morgan fingerprint density at radius 3 is 2.96 bits per heavy atom. The Kier molecular flexibility index (Phi) is 3.48. The lowest BCUT2D eigenvalue weighted by Crippen LogP contribution is -1.99. The first-order chi connectivity index (χ1) is 11.8. The van der Waals surface area contributed by atoms with E-state index in [1.165, 1.54) is 0 Å². The minimum Gasteiger partial charge on any atom is -0.454 e. The molecule has 7 nitrogen and oxygen atoms in total. The van der Waals surface area contributed by atoms with Gasteiger partial charge in [0, 0.05) is 18.9 Å². The van der Waals surface area contributed by atoms with Crippen LogP contribution < -0.4 is 14.8 Å². The zero-order chi connectivity index (χ0) is 16.4. The molecule has 0 atom stereocenters. The van der Waals surface area contributed by atoms with Crippen LogP contribution in [0.1, 0.15) is 11.3 Å². The number of pyridine rings is 1. The molecule has 118 valence electrons. The van der Waals surface area contributed by atoms with E-state index in [0.717, 1.165) is 11.3 Å². The normalized spacial score (nSPS) is 12.0. The molecule has 0 radical (unpaired) electrons. The van der Waals surface area contributed by atoms with Crippen molar-refractivity contribution < 1.29 is 13.9 Å². The Balaban J connectivity index is 1.54. The number of anilines is 1. The predicted molar refractivity (Wildman–Crippen MR) is 84.3 cm³/mol. The average molecular weight is 320 g/mol. The van der Waals surface area contributed by atoms with Crippen LogP contribution >= 0.6 is 0 Å². The maximum atomic E-state index is 9.24. The fraction of sp³-hybridized carbons (Fsp3) is 0.118. The van der Waals surface area contributed by atoms with Crippen molar-refractivity contribution in [3.63, 3.8) is 0 Å². The second kappa shape index (κ2) is 5.93. The summed E-state index contributed by atoms with van der Waals surface area (Å²) in [6, 6.07) is 11.3. The summed E-state index contributed by atoms with van der Waals surface area (Å²) in [5, 5.41) is 12.3. The molecule has 1 aromatic carbocycles. The highest BCUT2D eigenvalue weighted by Gasteiger charge is 2.16. The summed E-state index contributed by atoms with van der Waals surface area (Å²) in [5.41, 5.74) is 1.89. The molecule has 1 N–H and O–H groups in total. The van der Waals surface area contributed by atoms with Crippen LogP contribution in [0, 0.1) is 11.3 Å². The van der Waals surface area contributed by atoms with Gasteiger partial charge in [0.2, 0.25) is 24.3 Å². The average Bonchev–Trinajstić information content (AvgIpc) is 3.26. The number of nitrogens with one attached hydrogen (secondary N) is 1. The van der Waals surface area contributed by atoms with Crippen molar-refractivity contribution in [2.24, 2.45) is 0 Å². The van der Waals surface area contributed by atoms with Crippen LogP contribution in [0.25, 0.3) is 11.5 Å². The number of nitrogens with zero attached hydrogens (tertiary/aromatic N) is 3. The molecule has 0 amide bonds. The van der Waals surface area contributed by atoms with E-state index in [1.807, 2.05) is 30.3 Å². The molecule has 0 saturated heterocycles. The van der Waals surface area contributed by atoms with Gasteiger partial charge in [0.05, 0.1) is 5.56 Å². The highest BCUT2D eigenvalue weighted by molar-refractivity contribution is 5.58. The Hall–Kier alpha value is -3.53. The fourth-order valence-electron chi connectivity index (χ4n) is 2.36. The molecule has 7 heteroatoms. The largest absolute Gasteiger partial charge is 0.454 e. The molecule has 0 aliphatic carbocycles. The standard InChI is InChI=1S/C17H12N4O3/c18-7-13-17(24-16(21-13)12-2-1-5-19-9-12)20-8-11-3-4-14-15(6-11)23-10-22-14/h1-6,9,20H,8,10H2. The van der Waals surface area contributed by atoms with E-state index in [0.29, 0.717) is 29.6 Å². The molecule has 1 aliphatic rings. The summed E-state index contributed by atoms with van der Waals surface area (Å²) in [7, 11) is 0. The number of aromatic nitrogens is 2. The molecular formula is C17H12N4O3. The van der Waals surface area contributed by atoms with Crippen molar-refractivity contribution >= 4 is 5.88 Å². The van der Waals surface area contributed by atoms with Gasteiger partial charge in [-0.2, -0.15) is 10.2 Å². The molecular weight excluding hydrogens is 308 g/mol. The van der Waals surface area contributed by atoms with Gasteiger partial charge in [-0.25, -0.2) is 0 Å². The van der Waals surface area contributed by atoms with E-state index >= 15 is 0 Å². The van der Waals surface area contributed by atoms with E-state index < -0.39 is 0 Å². The Morgan fingerprint density at radius 2 is 2.12 bits per heavy atom. The number of oxazole rings is 1. The van der Waals surface area contributed by atoms with E-state index in [4.69, 9.17) is 13.9 Å². The van der Waals surface area contributed by atoms with Crippen LogP contribution in [0.4, 0.5) is 5.88 Å². The molecule has 0 saturated carbocycles. The number of benzene rings is 1. The molecule has 0 unspecified atom stereocenters. The van der Waals surface area contributed by atoms with Crippen LogP contribution in [0.5, 0.6) is 11.5 Å². The first-order valence-corrected chi connectivity index (χ1v) is 7.27. The minimum atomic E-state index is 0.203. The van der Waals surface area contributed by atoms with Gasteiger partial charge in [-0.3, -0.25) is 4.98 Å². The Morgan fingerprint density at radius 1 is 1.21 bits per heavy atom. The quantitative estimate of drug-likeness (QED) is 0.790. The van der Waals surface area contributed by atoms with E-state index in [1.54, 1.807) is 18.5 Å². The highest BCUT2D eigenvalue weighted by atomic mass is 16.7. The molecule has 2 aromatic heterocycles. The summed E-state index contributed by atoms with van der Waals surface area (Å²) < 4.78 is 16.3. The molecule has 0 fully saturated rings. The molecule has 0 spiro atoms. The lowest BCUT2D eigenvalue weighted by Gasteiger charge is -2.04. The number of nitriles is 1. The number of hydrogen-bond acceptors (Lipinski definition) is 7. The minimum absolute atomic E-state index is 0.203. The van der Waals surface area contributed by atoms with Crippen LogP contribution in [0.2, 0.25) is 0 Å². The Labute approximate surface area is 137 Å². The van der Waals surface area contributed by atoms with Gasteiger partial charge >= 0.3 is 0 Å². The third-order valence-electron chi connectivity index (χ3n) is 3.53. The topological polar surface area (TPSA) is 93.2 Å². The summed E-state index contributed by atoms with van der Waals surface area (Å²) in [4.78, 5) is 8.22. The number of fused-ring (bicyclic) bond motifs is 1. The predicted octanol–water partition coefficient (Wildman–Crippen LogP) is 2.95. The summed E-state index contributed by atoms with van der Waals surface area (Å²) in [6.45, 7) is 0.703. The summed E-state index contributed by atoms with van der Waals surface area (Å²) in [5.74, 6) is 2.13. The zero-order valence-electron chi connectivity index (χ0n) is 12.5. The van der Waals surface area contributed by atoms with E-state index in [-0.39, 0.29) is 12.5 Å². The van der Waals surface area contributed by atoms with Crippen molar-refractivity contribution in [2.75, 3.05) is 12.1 Å². The first kappa shape index (κ1) is 14.1. The van der Waals surface area contributed by atoms with E-state index in [9.17, 15) is 5.26 Å². The van der Waals surface area contributed by atoms with Crippen LogP contribution in [0.3, 0.4) is 0 Å². The van der Waals surface area contributed by atoms with Gasteiger partial charge in [0.25, 0.3) is 0 Å². The zero-order valence-corrected chi connectivity index (χ0v) is 12.5. The highest BCUT2D eigenvalue weighted by Crippen LogP contribution is 2.33. The molecule has 1 aliphatic heterocycles. The first-order valence-electron chi connectivity index (χ1n) is 7.27. The maximum Gasteiger partial charge on any atom is 0.232 e.